The molecule has 0 saturated carbocycles. The molecule has 2 atom stereocenters. The lowest BCUT2D eigenvalue weighted by atomic mass is 10.1. The number of nitrogens with two attached hydrogens (primary N) is 1. The molecule has 0 radical (unpaired) electrons. The number of hydrogen-bond acceptors (Lipinski definition) is 2. The monoisotopic (exact) mass is 313 g/mol. The number of halogens is 3. The van der Waals surface area contributed by atoms with E-state index in [9.17, 15) is 8.78 Å². The minimum Gasteiger partial charge on any atom is -0.327 e. The van der Waals surface area contributed by atoms with Crippen LogP contribution in [0.15, 0.2) is 47.4 Å². The van der Waals surface area contributed by atoms with Crippen LogP contribution in [0.1, 0.15) is 17.7 Å². The van der Waals surface area contributed by atoms with Crippen LogP contribution in [0.2, 0.25) is 5.02 Å². The second-order valence-electron chi connectivity index (χ2n) is 4.52. The molecule has 0 saturated heterocycles. The van der Waals surface area contributed by atoms with Gasteiger partial charge in [0.2, 0.25) is 0 Å². The van der Waals surface area contributed by atoms with Crippen molar-refractivity contribution in [2.24, 2.45) is 5.73 Å². The molecule has 0 aliphatic heterocycles. The molecule has 0 aliphatic rings. The molecule has 2 unspecified atom stereocenters. The molecule has 1 nitrogen and oxygen atoms in total. The second kappa shape index (κ2) is 6.57. The molecular weight excluding hydrogens is 300 g/mol. The fourth-order valence-electron chi connectivity index (χ4n) is 1.84. The SMILES string of the molecule is CC(N)C(Sc1ccc(F)cc1F)c1ccc(Cl)cc1. The average molecular weight is 314 g/mol. The van der Waals surface area contributed by atoms with Gasteiger partial charge in [-0.1, -0.05) is 23.7 Å². The maximum absolute atomic E-state index is 13.7. The van der Waals surface area contributed by atoms with Crippen molar-refractivity contribution in [2.75, 3.05) is 0 Å². The molecule has 2 N–H and O–H groups in total. The largest absolute Gasteiger partial charge is 0.327 e. The lowest BCUT2D eigenvalue weighted by molar-refractivity contribution is 0.565. The van der Waals surface area contributed by atoms with E-state index in [2.05, 4.69) is 0 Å². The number of hydrogen-bond donors (Lipinski definition) is 1. The summed E-state index contributed by atoms with van der Waals surface area (Å²) in [7, 11) is 0. The van der Waals surface area contributed by atoms with E-state index < -0.39 is 11.6 Å². The highest BCUT2D eigenvalue weighted by molar-refractivity contribution is 7.99. The van der Waals surface area contributed by atoms with Gasteiger partial charge in [-0.05, 0) is 36.8 Å². The van der Waals surface area contributed by atoms with Crippen molar-refractivity contribution in [1.29, 1.82) is 0 Å². The van der Waals surface area contributed by atoms with Gasteiger partial charge in [-0.2, -0.15) is 0 Å². The van der Waals surface area contributed by atoms with E-state index in [4.69, 9.17) is 17.3 Å². The Kier molecular flexibility index (Phi) is 5.02. The second-order valence-corrected chi connectivity index (χ2v) is 6.14. The van der Waals surface area contributed by atoms with Gasteiger partial charge in [0.15, 0.2) is 0 Å². The van der Waals surface area contributed by atoms with Crippen LogP contribution in [-0.4, -0.2) is 6.04 Å². The van der Waals surface area contributed by atoms with Crippen molar-refractivity contribution in [1.82, 2.24) is 0 Å². The van der Waals surface area contributed by atoms with Gasteiger partial charge in [-0.3, -0.25) is 0 Å². The molecular formula is C15H14ClF2NS. The van der Waals surface area contributed by atoms with Gasteiger partial charge in [0.25, 0.3) is 0 Å². The average Bonchev–Trinajstić information content (AvgIpc) is 2.39. The van der Waals surface area contributed by atoms with Gasteiger partial charge in [0, 0.05) is 27.3 Å². The smallest absolute Gasteiger partial charge is 0.139 e. The molecule has 5 heteroatoms. The zero-order chi connectivity index (χ0) is 14.7. The number of benzene rings is 2. The highest BCUT2D eigenvalue weighted by atomic mass is 35.5. The van der Waals surface area contributed by atoms with Gasteiger partial charge >= 0.3 is 0 Å². The predicted octanol–water partition coefficient (Wildman–Crippen LogP) is 4.80. The summed E-state index contributed by atoms with van der Waals surface area (Å²) >= 11 is 7.14. The van der Waals surface area contributed by atoms with Crippen molar-refractivity contribution in [2.45, 2.75) is 23.1 Å². The molecule has 2 rings (SSSR count). The fraction of sp³-hybridized carbons (Fsp3) is 0.200. The Bertz CT molecular complexity index is 587. The summed E-state index contributed by atoms with van der Waals surface area (Å²) in [6.45, 7) is 1.85. The third-order valence-electron chi connectivity index (χ3n) is 2.82. The van der Waals surface area contributed by atoms with E-state index in [-0.39, 0.29) is 11.3 Å². The first-order valence-electron chi connectivity index (χ1n) is 6.10. The van der Waals surface area contributed by atoms with Crippen molar-refractivity contribution < 1.29 is 8.78 Å². The zero-order valence-corrected chi connectivity index (χ0v) is 12.4. The third-order valence-corrected chi connectivity index (χ3v) is 4.62. The lowest BCUT2D eigenvalue weighted by Crippen LogP contribution is -2.22. The normalized spacial score (nSPS) is 14.1. The minimum atomic E-state index is -0.587. The van der Waals surface area contributed by atoms with Crippen LogP contribution in [0.3, 0.4) is 0 Å². The van der Waals surface area contributed by atoms with Gasteiger partial charge in [0.1, 0.15) is 11.6 Å². The number of thioether (sulfide) groups is 1. The summed E-state index contributed by atoms with van der Waals surface area (Å²) in [5.74, 6) is -1.16. The Morgan fingerprint density at radius 1 is 1.10 bits per heavy atom. The standard InChI is InChI=1S/C15H14ClF2NS/c1-9(19)15(10-2-4-11(16)5-3-10)20-14-7-6-12(17)8-13(14)18/h2-9,15H,19H2,1H3. The molecule has 0 bridgehead atoms. The molecule has 0 aliphatic carbocycles. The van der Waals surface area contributed by atoms with Crippen LogP contribution in [0.5, 0.6) is 0 Å². The first kappa shape index (κ1) is 15.3. The van der Waals surface area contributed by atoms with E-state index in [1.807, 2.05) is 19.1 Å². The van der Waals surface area contributed by atoms with Crippen molar-refractivity contribution in [3.63, 3.8) is 0 Å². The maximum Gasteiger partial charge on any atom is 0.139 e. The molecule has 0 spiro atoms. The first-order chi connectivity index (χ1) is 9.47. The van der Waals surface area contributed by atoms with Crippen molar-refractivity contribution in [3.8, 4) is 0 Å². The molecule has 20 heavy (non-hydrogen) atoms. The molecule has 2 aromatic rings. The van der Waals surface area contributed by atoms with E-state index in [0.717, 1.165) is 11.6 Å². The highest BCUT2D eigenvalue weighted by Crippen LogP contribution is 2.38. The Morgan fingerprint density at radius 3 is 2.30 bits per heavy atom. The topological polar surface area (TPSA) is 26.0 Å². The van der Waals surface area contributed by atoms with Crippen molar-refractivity contribution in [3.05, 3.63) is 64.7 Å². The molecule has 0 aromatic heterocycles. The van der Waals surface area contributed by atoms with E-state index in [1.54, 1.807) is 12.1 Å². The summed E-state index contributed by atoms with van der Waals surface area (Å²) in [6, 6.07) is 10.6. The van der Waals surface area contributed by atoms with Crippen LogP contribution >= 0.6 is 23.4 Å². The molecule has 2 aromatic carbocycles. The minimum absolute atomic E-state index is 0.132. The Hall–Kier alpha value is -1.10. The fourth-order valence-corrected chi connectivity index (χ4v) is 3.06. The van der Waals surface area contributed by atoms with E-state index in [0.29, 0.717) is 9.92 Å². The lowest BCUT2D eigenvalue weighted by Gasteiger charge is -2.21. The zero-order valence-electron chi connectivity index (χ0n) is 10.8. The van der Waals surface area contributed by atoms with Crippen LogP contribution < -0.4 is 5.73 Å². The van der Waals surface area contributed by atoms with Crippen molar-refractivity contribution >= 4 is 23.4 Å². The molecule has 0 heterocycles. The van der Waals surface area contributed by atoms with E-state index in [1.165, 1.54) is 23.9 Å². The van der Waals surface area contributed by atoms with E-state index >= 15 is 0 Å². The van der Waals surface area contributed by atoms with Crippen LogP contribution in [0.25, 0.3) is 0 Å². The number of rotatable bonds is 4. The van der Waals surface area contributed by atoms with Crippen LogP contribution in [0.4, 0.5) is 8.78 Å². The van der Waals surface area contributed by atoms with Gasteiger partial charge in [-0.25, -0.2) is 8.78 Å². The van der Waals surface area contributed by atoms with Crippen LogP contribution in [0, 0.1) is 11.6 Å². The summed E-state index contributed by atoms with van der Waals surface area (Å²) in [5.41, 5.74) is 6.94. The molecule has 0 amide bonds. The third kappa shape index (κ3) is 3.72. The quantitative estimate of drug-likeness (QED) is 0.821. The Labute approximate surface area is 126 Å². The van der Waals surface area contributed by atoms with Gasteiger partial charge in [-0.15, -0.1) is 11.8 Å². The summed E-state index contributed by atoms with van der Waals surface area (Å²) in [6.07, 6.45) is 0. The highest BCUT2D eigenvalue weighted by Gasteiger charge is 2.19. The Morgan fingerprint density at radius 2 is 1.75 bits per heavy atom. The molecule has 0 fully saturated rings. The van der Waals surface area contributed by atoms with Gasteiger partial charge < -0.3 is 5.73 Å². The summed E-state index contributed by atoms with van der Waals surface area (Å²) in [4.78, 5) is 0.378. The summed E-state index contributed by atoms with van der Waals surface area (Å²) < 4.78 is 26.7. The van der Waals surface area contributed by atoms with Gasteiger partial charge in [0.05, 0.1) is 0 Å². The van der Waals surface area contributed by atoms with Crippen LogP contribution in [-0.2, 0) is 0 Å². The summed E-state index contributed by atoms with van der Waals surface area (Å²) in [5, 5.41) is 0.502. The molecule has 106 valence electrons. The maximum atomic E-state index is 13.7. The Balaban J connectivity index is 2.28. The first-order valence-corrected chi connectivity index (χ1v) is 7.36. The predicted molar refractivity (Wildman–Crippen MR) is 80.1 cm³/mol.